The van der Waals surface area contributed by atoms with Gasteiger partial charge in [-0.25, -0.2) is 0 Å². The smallest absolute Gasteiger partial charge is 0.122 e. The summed E-state index contributed by atoms with van der Waals surface area (Å²) in [5.74, 6) is 1.70. The first kappa shape index (κ1) is 18.9. The number of para-hydroxylation sites is 1. The van der Waals surface area contributed by atoms with E-state index in [2.05, 4.69) is 23.5 Å². The van der Waals surface area contributed by atoms with E-state index in [1.54, 1.807) is 7.11 Å². The van der Waals surface area contributed by atoms with Gasteiger partial charge in [0.25, 0.3) is 0 Å². The maximum Gasteiger partial charge on any atom is 0.122 e. The van der Waals surface area contributed by atoms with Gasteiger partial charge in [0.05, 0.1) is 13.7 Å². The van der Waals surface area contributed by atoms with Gasteiger partial charge in [0.1, 0.15) is 24.2 Å². The Kier molecular flexibility index (Phi) is 6.77. The van der Waals surface area contributed by atoms with Crippen LogP contribution in [-0.4, -0.2) is 36.4 Å². The predicted molar refractivity (Wildman–Crippen MR) is 106 cm³/mol. The highest BCUT2D eigenvalue weighted by atomic mass is 16.5. The maximum atomic E-state index is 10.3. The van der Waals surface area contributed by atoms with Crippen LogP contribution in [0.25, 0.3) is 0 Å². The zero-order valence-corrected chi connectivity index (χ0v) is 15.5. The van der Waals surface area contributed by atoms with Gasteiger partial charge in [-0.2, -0.15) is 0 Å². The summed E-state index contributed by atoms with van der Waals surface area (Å²) < 4.78 is 11.2. The minimum Gasteiger partial charge on any atom is -0.497 e. The standard InChI is InChI=1S/C22H26N2O3/c1-26-21-7-4-5-18(15-21)9-10-19-6-2-3-8-22(19)27-17-20(25)16-24-13-11-23-12-14-24/h2-8,11-15,20,23,25H,9-10,16-17H2,1H3/t20-/m1/s1. The first-order valence-electron chi connectivity index (χ1n) is 9.11. The average molecular weight is 366 g/mol. The first-order valence-corrected chi connectivity index (χ1v) is 9.11. The third-order valence-corrected chi connectivity index (χ3v) is 4.37. The second-order valence-corrected chi connectivity index (χ2v) is 6.42. The van der Waals surface area contributed by atoms with Gasteiger partial charge in [-0.05, 0) is 42.2 Å². The highest BCUT2D eigenvalue weighted by Crippen LogP contribution is 2.21. The molecule has 0 aromatic heterocycles. The van der Waals surface area contributed by atoms with E-state index < -0.39 is 6.10 Å². The normalized spacial score (nSPS) is 13.9. The molecule has 3 rings (SSSR count). The number of methoxy groups -OCH3 is 1. The molecule has 0 aliphatic carbocycles. The number of aliphatic hydroxyl groups is 1. The van der Waals surface area contributed by atoms with Crippen molar-refractivity contribution in [1.82, 2.24) is 10.2 Å². The van der Waals surface area contributed by atoms with Crippen molar-refractivity contribution in [3.05, 3.63) is 84.5 Å². The topological polar surface area (TPSA) is 54.0 Å². The fraction of sp³-hybridized carbons (Fsp3) is 0.273. The van der Waals surface area contributed by atoms with Crippen molar-refractivity contribution in [3.8, 4) is 11.5 Å². The quantitative estimate of drug-likeness (QED) is 0.714. The van der Waals surface area contributed by atoms with Crippen LogP contribution in [0.3, 0.4) is 0 Å². The van der Waals surface area contributed by atoms with E-state index in [0.29, 0.717) is 6.54 Å². The van der Waals surface area contributed by atoms with Crippen LogP contribution < -0.4 is 14.8 Å². The summed E-state index contributed by atoms with van der Waals surface area (Å²) in [4.78, 5) is 1.92. The maximum absolute atomic E-state index is 10.3. The molecule has 1 aliphatic heterocycles. The van der Waals surface area contributed by atoms with Gasteiger partial charge >= 0.3 is 0 Å². The van der Waals surface area contributed by atoms with Crippen molar-refractivity contribution < 1.29 is 14.6 Å². The van der Waals surface area contributed by atoms with Crippen molar-refractivity contribution in [1.29, 1.82) is 0 Å². The molecule has 5 heteroatoms. The molecular weight excluding hydrogens is 340 g/mol. The van der Waals surface area contributed by atoms with E-state index in [0.717, 1.165) is 29.9 Å². The lowest BCUT2D eigenvalue weighted by Gasteiger charge is -2.22. The molecule has 0 fully saturated rings. The summed E-state index contributed by atoms with van der Waals surface area (Å²) in [7, 11) is 1.68. The van der Waals surface area contributed by atoms with Crippen LogP contribution in [0.5, 0.6) is 11.5 Å². The number of rotatable bonds is 9. The van der Waals surface area contributed by atoms with Crippen molar-refractivity contribution in [3.63, 3.8) is 0 Å². The van der Waals surface area contributed by atoms with Crippen LogP contribution in [-0.2, 0) is 12.8 Å². The number of hydrogen-bond donors (Lipinski definition) is 2. The molecule has 27 heavy (non-hydrogen) atoms. The average Bonchev–Trinajstić information content (AvgIpc) is 2.72. The van der Waals surface area contributed by atoms with E-state index in [1.807, 2.05) is 60.0 Å². The minimum atomic E-state index is -0.580. The molecule has 1 aliphatic rings. The Morgan fingerprint density at radius 1 is 1.04 bits per heavy atom. The summed E-state index contributed by atoms with van der Waals surface area (Å²) in [6.07, 6.45) is 8.59. The van der Waals surface area contributed by atoms with Crippen LogP contribution in [0.1, 0.15) is 11.1 Å². The molecule has 0 bridgehead atoms. The van der Waals surface area contributed by atoms with Gasteiger partial charge in [-0.15, -0.1) is 0 Å². The monoisotopic (exact) mass is 366 g/mol. The SMILES string of the molecule is COc1cccc(CCc2ccccc2OC[C@H](O)CN2C=CNC=C2)c1. The van der Waals surface area contributed by atoms with Crippen molar-refractivity contribution in [2.75, 3.05) is 20.3 Å². The summed E-state index contributed by atoms with van der Waals surface area (Å²) >= 11 is 0. The van der Waals surface area contributed by atoms with E-state index in [4.69, 9.17) is 9.47 Å². The summed E-state index contributed by atoms with van der Waals surface area (Å²) in [6, 6.07) is 16.1. The molecule has 0 spiro atoms. The highest BCUT2D eigenvalue weighted by Gasteiger charge is 2.11. The Morgan fingerprint density at radius 2 is 1.85 bits per heavy atom. The predicted octanol–water partition coefficient (Wildman–Crippen LogP) is 3.07. The number of nitrogens with zero attached hydrogens (tertiary/aromatic N) is 1. The number of β-amino-alcohol motifs (C(OH)–C–C–N with tert-alkyl or cyclic N) is 1. The number of benzene rings is 2. The van der Waals surface area contributed by atoms with E-state index >= 15 is 0 Å². The summed E-state index contributed by atoms with van der Waals surface area (Å²) in [5.41, 5.74) is 2.36. The molecule has 0 saturated carbocycles. The molecule has 1 heterocycles. The number of ether oxygens (including phenoxy) is 2. The van der Waals surface area contributed by atoms with Crippen molar-refractivity contribution in [2.24, 2.45) is 0 Å². The van der Waals surface area contributed by atoms with Crippen LogP contribution in [0.15, 0.2) is 73.3 Å². The summed E-state index contributed by atoms with van der Waals surface area (Å²) in [5, 5.41) is 13.2. The van der Waals surface area contributed by atoms with Gasteiger partial charge in [-0.3, -0.25) is 0 Å². The minimum absolute atomic E-state index is 0.252. The Bertz CT molecular complexity index is 777. The lowest BCUT2D eigenvalue weighted by atomic mass is 10.0. The molecule has 142 valence electrons. The molecule has 1 atom stereocenters. The van der Waals surface area contributed by atoms with Crippen molar-refractivity contribution >= 4 is 0 Å². The van der Waals surface area contributed by atoms with Crippen LogP contribution >= 0.6 is 0 Å². The third-order valence-electron chi connectivity index (χ3n) is 4.37. The second-order valence-electron chi connectivity index (χ2n) is 6.42. The lowest BCUT2D eigenvalue weighted by molar-refractivity contribution is 0.0904. The van der Waals surface area contributed by atoms with E-state index in [-0.39, 0.29) is 6.61 Å². The Labute approximate surface area is 160 Å². The zero-order valence-electron chi connectivity index (χ0n) is 15.5. The van der Waals surface area contributed by atoms with Crippen molar-refractivity contribution in [2.45, 2.75) is 18.9 Å². The molecule has 2 aromatic rings. The first-order chi connectivity index (χ1) is 13.2. The fourth-order valence-corrected chi connectivity index (χ4v) is 2.94. The molecule has 0 amide bonds. The molecule has 0 radical (unpaired) electrons. The van der Waals surface area contributed by atoms with E-state index in [9.17, 15) is 5.11 Å². The number of aliphatic hydroxyl groups excluding tert-OH is 1. The van der Waals surface area contributed by atoms with Gasteiger partial charge in [-0.1, -0.05) is 30.3 Å². The lowest BCUT2D eigenvalue weighted by Crippen LogP contribution is -2.31. The molecule has 2 aromatic carbocycles. The molecular formula is C22H26N2O3. The third kappa shape index (κ3) is 5.79. The van der Waals surface area contributed by atoms with Crippen LogP contribution in [0, 0.1) is 0 Å². The number of aryl methyl sites for hydroxylation is 2. The Morgan fingerprint density at radius 3 is 2.67 bits per heavy atom. The van der Waals surface area contributed by atoms with E-state index in [1.165, 1.54) is 5.56 Å². The van der Waals surface area contributed by atoms with Crippen LogP contribution in [0.4, 0.5) is 0 Å². The molecule has 0 saturated heterocycles. The van der Waals surface area contributed by atoms with Gasteiger partial charge in [0.2, 0.25) is 0 Å². The van der Waals surface area contributed by atoms with Crippen LogP contribution in [0.2, 0.25) is 0 Å². The van der Waals surface area contributed by atoms with Gasteiger partial charge in [0.15, 0.2) is 0 Å². The Balaban J connectivity index is 1.54. The largest absolute Gasteiger partial charge is 0.497 e. The van der Waals surface area contributed by atoms with Gasteiger partial charge < -0.3 is 24.8 Å². The molecule has 2 N–H and O–H groups in total. The zero-order chi connectivity index (χ0) is 18.9. The van der Waals surface area contributed by atoms with Gasteiger partial charge in [0, 0.05) is 24.8 Å². The number of nitrogens with one attached hydrogen (secondary N) is 1. The second kappa shape index (κ2) is 9.69. The summed E-state index contributed by atoms with van der Waals surface area (Å²) in [6.45, 7) is 0.739. The highest BCUT2D eigenvalue weighted by molar-refractivity contribution is 5.35. The molecule has 5 nitrogen and oxygen atoms in total. The number of hydrogen-bond acceptors (Lipinski definition) is 5. The molecule has 0 unspecified atom stereocenters. The Hall–Kier alpha value is -2.92. The fourth-order valence-electron chi connectivity index (χ4n) is 2.94.